The highest BCUT2D eigenvalue weighted by atomic mass is 32.2. The molecule has 0 aromatic heterocycles. The van der Waals surface area contributed by atoms with Gasteiger partial charge in [0.15, 0.2) is 0 Å². The lowest BCUT2D eigenvalue weighted by molar-refractivity contribution is 0.0894. The molecule has 0 aromatic carbocycles. The van der Waals surface area contributed by atoms with Crippen molar-refractivity contribution in [2.24, 2.45) is 0 Å². The standard InChI is InChI=1S/C12H22O12S4/c1-11(7-21-27(17,18)9-11)23-25(13,14)5-3-4-6-26(15,16)24-12(2)8-22-28(19,20)10-12/h3-10H2,1-2H3. The molecule has 2 rings (SSSR count). The Kier molecular flexibility index (Phi) is 6.59. The molecule has 2 unspecified atom stereocenters. The van der Waals surface area contributed by atoms with E-state index in [9.17, 15) is 33.7 Å². The van der Waals surface area contributed by atoms with E-state index in [1.165, 1.54) is 13.8 Å². The van der Waals surface area contributed by atoms with Gasteiger partial charge in [0.25, 0.3) is 40.5 Å². The molecule has 2 aliphatic rings. The number of hydrogen-bond acceptors (Lipinski definition) is 12. The van der Waals surface area contributed by atoms with Crippen molar-refractivity contribution in [3.8, 4) is 0 Å². The third-order valence-electron chi connectivity index (χ3n) is 3.75. The SMILES string of the molecule is CC1(OS(=O)(=O)CCCCS(=O)(=O)OC2(C)COS(=O)(=O)C2)COS(=O)(=O)C1. The van der Waals surface area contributed by atoms with E-state index in [0.717, 1.165) is 0 Å². The fourth-order valence-corrected chi connectivity index (χ4v) is 8.37. The molecule has 16 heteroatoms. The van der Waals surface area contributed by atoms with Gasteiger partial charge in [-0.25, -0.2) is 0 Å². The second-order valence-electron chi connectivity index (χ2n) is 7.23. The molecule has 0 bridgehead atoms. The van der Waals surface area contributed by atoms with Crippen molar-refractivity contribution < 1.29 is 50.4 Å². The molecule has 0 aliphatic carbocycles. The highest BCUT2D eigenvalue weighted by Crippen LogP contribution is 2.27. The second-order valence-corrected chi connectivity index (χ2v) is 13.9. The van der Waals surface area contributed by atoms with Crippen molar-refractivity contribution >= 4 is 40.5 Å². The maximum Gasteiger partial charge on any atom is 0.270 e. The van der Waals surface area contributed by atoms with Gasteiger partial charge in [0.1, 0.15) is 22.7 Å². The number of hydrogen-bond donors (Lipinski definition) is 0. The van der Waals surface area contributed by atoms with Gasteiger partial charge in [-0.15, -0.1) is 0 Å². The maximum absolute atomic E-state index is 12.0. The van der Waals surface area contributed by atoms with E-state index in [4.69, 9.17) is 8.37 Å². The lowest BCUT2D eigenvalue weighted by Crippen LogP contribution is -2.37. The Balaban J connectivity index is 1.81. The summed E-state index contributed by atoms with van der Waals surface area (Å²) in [7, 11) is -15.9. The van der Waals surface area contributed by atoms with Crippen molar-refractivity contribution in [3.63, 3.8) is 0 Å². The fourth-order valence-electron chi connectivity index (χ4n) is 2.69. The topological polar surface area (TPSA) is 173 Å². The smallest absolute Gasteiger partial charge is 0.267 e. The van der Waals surface area contributed by atoms with Crippen LogP contribution < -0.4 is 0 Å². The number of unbranched alkanes of at least 4 members (excludes halogenated alkanes) is 1. The van der Waals surface area contributed by atoms with Gasteiger partial charge >= 0.3 is 0 Å². The first-order valence-electron chi connectivity index (χ1n) is 8.05. The molecule has 0 radical (unpaired) electrons. The van der Waals surface area contributed by atoms with Crippen molar-refractivity contribution in [1.29, 1.82) is 0 Å². The quantitative estimate of drug-likeness (QED) is 0.279. The average Bonchev–Trinajstić information content (AvgIpc) is 2.88. The van der Waals surface area contributed by atoms with Crippen LogP contribution in [-0.4, -0.2) is 81.1 Å². The molecule has 0 saturated carbocycles. The van der Waals surface area contributed by atoms with Crippen LogP contribution in [0.25, 0.3) is 0 Å². The molecule has 12 nitrogen and oxygen atoms in total. The lowest BCUT2D eigenvalue weighted by Gasteiger charge is -2.21. The van der Waals surface area contributed by atoms with E-state index < -0.39 is 87.9 Å². The highest BCUT2D eigenvalue weighted by Gasteiger charge is 2.45. The Hall–Kier alpha value is -0.360. The van der Waals surface area contributed by atoms with Crippen LogP contribution >= 0.6 is 0 Å². The maximum atomic E-state index is 12.0. The van der Waals surface area contributed by atoms with Gasteiger partial charge in [0.05, 0.1) is 24.7 Å². The van der Waals surface area contributed by atoms with Gasteiger partial charge in [-0.2, -0.15) is 33.7 Å². The zero-order valence-electron chi connectivity index (χ0n) is 15.2. The number of rotatable bonds is 9. The molecule has 0 aromatic rings. The molecule has 2 fully saturated rings. The molecule has 2 aliphatic heterocycles. The minimum Gasteiger partial charge on any atom is -0.267 e. The van der Waals surface area contributed by atoms with Crippen LogP contribution in [0.2, 0.25) is 0 Å². The van der Waals surface area contributed by atoms with Gasteiger partial charge in [-0.05, 0) is 26.7 Å². The summed E-state index contributed by atoms with van der Waals surface area (Å²) in [6.07, 6.45) is -0.194. The van der Waals surface area contributed by atoms with Gasteiger partial charge in [-0.3, -0.25) is 16.7 Å². The molecule has 28 heavy (non-hydrogen) atoms. The molecule has 0 N–H and O–H groups in total. The Bertz CT molecular complexity index is 926. The summed E-state index contributed by atoms with van der Waals surface area (Å²) < 4.78 is 112. The van der Waals surface area contributed by atoms with Crippen LogP contribution in [0.5, 0.6) is 0 Å². The summed E-state index contributed by atoms with van der Waals surface area (Å²) in [6.45, 7) is 1.71. The largest absolute Gasteiger partial charge is 0.270 e. The van der Waals surface area contributed by atoms with Gasteiger partial charge in [0.2, 0.25) is 0 Å². The summed E-state index contributed by atoms with van der Waals surface area (Å²) in [5, 5.41) is 0. The van der Waals surface area contributed by atoms with Crippen molar-refractivity contribution in [2.45, 2.75) is 37.9 Å². The first-order chi connectivity index (χ1) is 12.4. The van der Waals surface area contributed by atoms with Crippen molar-refractivity contribution in [2.75, 3.05) is 36.2 Å². The Morgan fingerprint density at radius 2 is 1.07 bits per heavy atom. The molecule has 2 heterocycles. The van der Waals surface area contributed by atoms with Crippen LogP contribution in [0.4, 0.5) is 0 Å². The summed E-state index contributed by atoms with van der Waals surface area (Å²) in [5.74, 6) is -2.28. The first-order valence-corrected chi connectivity index (χ1v) is 14.4. The van der Waals surface area contributed by atoms with E-state index in [1.807, 2.05) is 0 Å². The van der Waals surface area contributed by atoms with Crippen molar-refractivity contribution in [1.82, 2.24) is 0 Å². The normalized spacial score (nSPS) is 32.5. The zero-order valence-corrected chi connectivity index (χ0v) is 18.5. The molecule has 166 valence electrons. The van der Waals surface area contributed by atoms with E-state index in [1.54, 1.807) is 0 Å². The van der Waals surface area contributed by atoms with Gasteiger partial charge in [0, 0.05) is 0 Å². The average molecular weight is 487 g/mol. The lowest BCUT2D eigenvalue weighted by atomic mass is 10.2. The molecule has 2 saturated heterocycles. The molecule has 0 amide bonds. The monoisotopic (exact) mass is 486 g/mol. The minimum atomic E-state index is -4.12. The van der Waals surface area contributed by atoms with Crippen LogP contribution in [0, 0.1) is 0 Å². The predicted octanol–water partition coefficient (Wildman–Crippen LogP) is -1.30. The zero-order chi connectivity index (χ0) is 21.5. The Morgan fingerprint density at radius 1 is 0.750 bits per heavy atom. The van der Waals surface area contributed by atoms with E-state index in [0.29, 0.717) is 0 Å². The summed E-state index contributed by atoms with van der Waals surface area (Å²) in [6, 6.07) is 0. The third-order valence-corrected chi connectivity index (χ3v) is 9.52. The van der Waals surface area contributed by atoms with Crippen LogP contribution in [-0.2, 0) is 57.2 Å². The molecular weight excluding hydrogens is 464 g/mol. The van der Waals surface area contributed by atoms with Gasteiger partial charge in [-0.1, -0.05) is 0 Å². The van der Waals surface area contributed by atoms with Crippen LogP contribution in [0.1, 0.15) is 26.7 Å². The highest BCUT2D eigenvalue weighted by molar-refractivity contribution is 7.88. The van der Waals surface area contributed by atoms with Crippen LogP contribution in [0.3, 0.4) is 0 Å². The molecule has 2 atom stereocenters. The predicted molar refractivity (Wildman–Crippen MR) is 95.3 cm³/mol. The second kappa shape index (κ2) is 7.72. The summed E-state index contributed by atoms with van der Waals surface area (Å²) in [4.78, 5) is 0. The van der Waals surface area contributed by atoms with E-state index in [-0.39, 0.29) is 12.8 Å². The summed E-state index contributed by atoms with van der Waals surface area (Å²) >= 11 is 0. The van der Waals surface area contributed by atoms with Crippen molar-refractivity contribution in [3.05, 3.63) is 0 Å². The summed E-state index contributed by atoms with van der Waals surface area (Å²) in [5.41, 5.74) is -3.06. The van der Waals surface area contributed by atoms with Crippen LogP contribution in [0.15, 0.2) is 0 Å². The molecule has 0 spiro atoms. The van der Waals surface area contributed by atoms with E-state index in [2.05, 4.69) is 8.37 Å². The fraction of sp³-hybridized carbons (Fsp3) is 1.00. The Labute approximate surface area is 165 Å². The first kappa shape index (κ1) is 23.9. The van der Waals surface area contributed by atoms with E-state index >= 15 is 0 Å². The van der Waals surface area contributed by atoms with Gasteiger partial charge < -0.3 is 0 Å². The Morgan fingerprint density at radius 3 is 1.32 bits per heavy atom. The third kappa shape index (κ3) is 7.16. The molecular formula is C12H22O12S4. The minimum absolute atomic E-state index is 0.0971.